The number of amides is 1. The second-order valence-corrected chi connectivity index (χ2v) is 5.75. The molecule has 1 amide bonds. The highest BCUT2D eigenvalue weighted by molar-refractivity contribution is 5.97. The lowest BCUT2D eigenvalue weighted by Gasteiger charge is -2.04. The van der Waals surface area contributed by atoms with Crippen LogP contribution in [0.1, 0.15) is 32.0 Å². The number of hydrogen-bond donors (Lipinski definition) is 1. The van der Waals surface area contributed by atoms with Crippen LogP contribution in [0.15, 0.2) is 70.2 Å². The second kappa shape index (κ2) is 8.14. The van der Waals surface area contributed by atoms with E-state index in [1.165, 1.54) is 13.3 Å². The molecular weight excluding hydrogens is 344 g/mol. The standard InChI is InChI=1S/C21H18N2O4/c1-14-7-3-4-8-16(14)20(24)23-22-13-15-11-12-19(27-15)17-9-5-6-10-18(17)21(25)26-2/h3-13H,1-2H3,(H,23,24)/b22-13-. The van der Waals surface area contributed by atoms with Crippen molar-refractivity contribution in [3.8, 4) is 11.3 Å². The molecule has 1 N–H and O–H groups in total. The fourth-order valence-electron chi connectivity index (χ4n) is 2.60. The number of furan rings is 1. The molecule has 0 saturated carbocycles. The van der Waals surface area contributed by atoms with Gasteiger partial charge in [-0.15, -0.1) is 0 Å². The van der Waals surface area contributed by atoms with Gasteiger partial charge in [-0.1, -0.05) is 36.4 Å². The summed E-state index contributed by atoms with van der Waals surface area (Å²) >= 11 is 0. The molecule has 1 heterocycles. The van der Waals surface area contributed by atoms with Crippen LogP contribution in [0, 0.1) is 6.92 Å². The Morgan fingerprint density at radius 3 is 2.44 bits per heavy atom. The lowest BCUT2D eigenvalue weighted by molar-refractivity contribution is 0.0601. The van der Waals surface area contributed by atoms with E-state index in [1.54, 1.807) is 48.5 Å². The van der Waals surface area contributed by atoms with E-state index in [2.05, 4.69) is 10.5 Å². The fourth-order valence-corrected chi connectivity index (χ4v) is 2.60. The highest BCUT2D eigenvalue weighted by atomic mass is 16.5. The van der Waals surface area contributed by atoms with Crippen molar-refractivity contribution >= 4 is 18.1 Å². The van der Waals surface area contributed by atoms with Gasteiger partial charge >= 0.3 is 5.97 Å². The lowest BCUT2D eigenvalue weighted by Crippen LogP contribution is -2.18. The highest BCUT2D eigenvalue weighted by Crippen LogP contribution is 2.26. The van der Waals surface area contributed by atoms with Crippen LogP contribution in [0.5, 0.6) is 0 Å². The first-order chi connectivity index (χ1) is 13.1. The molecule has 2 aromatic carbocycles. The number of hydrazone groups is 1. The summed E-state index contributed by atoms with van der Waals surface area (Å²) in [5, 5.41) is 3.93. The first-order valence-corrected chi connectivity index (χ1v) is 8.26. The summed E-state index contributed by atoms with van der Waals surface area (Å²) in [6, 6.07) is 17.7. The van der Waals surface area contributed by atoms with Crippen LogP contribution >= 0.6 is 0 Å². The first kappa shape index (κ1) is 18.1. The molecule has 6 nitrogen and oxygen atoms in total. The molecule has 1 aromatic heterocycles. The van der Waals surface area contributed by atoms with E-state index in [0.29, 0.717) is 28.2 Å². The van der Waals surface area contributed by atoms with Gasteiger partial charge in [0.2, 0.25) is 0 Å². The Morgan fingerprint density at radius 2 is 1.70 bits per heavy atom. The van der Waals surface area contributed by atoms with Gasteiger partial charge in [0.15, 0.2) is 0 Å². The van der Waals surface area contributed by atoms with Gasteiger partial charge in [0, 0.05) is 11.1 Å². The van der Waals surface area contributed by atoms with Crippen LogP contribution in [-0.4, -0.2) is 25.2 Å². The van der Waals surface area contributed by atoms with Crippen LogP contribution in [0.3, 0.4) is 0 Å². The van der Waals surface area contributed by atoms with Gasteiger partial charge in [-0.3, -0.25) is 4.79 Å². The predicted molar refractivity (Wildman–Crippen MR) is 102 cm³/mol. The lowest BCUT2D eigenvalue weighted by atomic mass is 10.1. The molecular formula is C21H18N2O4. The van der Waals surface area contributed by atoms with E-state index in [9.17, 15) is 9.59 Å². The Kier molecular flexibility index (Phi) is 5.47. The van der Waals surface area contributed by atoms with E-state index < -0.39 is 5.97 Å². The zero-order valence-corrected chi connectivity index (χ0v) is 14.9. The van der Waals surface area contributed by atoms with Crippen LogP contribution in [0.2, 0.25) is 0 Å². The van der Waals surface area contributed by atoms with Crippen molar-refractivity contribution in [1.29, 1.82) is 0 Å². The number of carbonyl (C=O) groups excluding carboxylic acids is 2. The van der Waals surface area contributed by atoms with Crippen LogP contribution < -0.4 is 5.43 Å². The smallest absolute Gasteiger partial charge is 0.338 e. The Balaban J connectivity index is 1.74. The molecule has 136 valence electrons. The minimum atomic E-state index is -0.442. The van der Waals surface area contributed by atoms with Gasteiger partial charge in [0.05, 0.1) is 18.9 Å². The zero-order chi connectivity index (χ0) is 19.2. The summed E-state index contributed by atoms with van der Waals surface area (Å²) in [6.07, 6.45) is 1.40. The molecule has 6 heteroatoms. The first-order valence-electron chi connectivity index (χ1n) is 8.26. The Labute approximate surface area is 156 Å². The molecule has 0 bridgehead atoms. The van der Waals surface area contributed by atoms with Crippen LogP contribution in [0.25, 0.3) is 11.3 Å². The summed E-state index contributed by atoms with van der Waals surface area (Å²) in [5.74, 6) is 0.201. The summed E-state index contributed by atoms with van der Waals surface area (Å²) in [7, 11) is 1.33. The molecule has 0 fully saturated rings. The molecule has 0 atom stereocenters. The average molecular weight is 362 g/mol. The molecule has 0 aliphatic rings. The Bertz CT molecular complexity index is 1000. The Hall–Kier alpha value is -3.67. The monoisotopic (exact) mass is 362 g/mol. The second-order valence-electron chi connectivity index (χ2n) is 5.75. The number of nitrogens with one attached hydrogen (secondary N) is 1. The number of aryl methyl sites for hydroxylation is 1. The number of nitrogens with zero attached hydrogens (tertiary/aromatic N) is 1. The SMILES string of the molecule is COC(=O)c1ccccc1-c1ccc(/C=N\NC(=O)c2ccccc2C)o1. The number of hydrogen-bond acceptors (Lipinski definition) is 5. The van der Waals surface area contributed by atoms with Gasteiger partial charge in [-0.05, 0) is 36.8 Å². The van der Waals surface area contributed by atoms with E-state index in [4.69, 9.17) is 9.15 Å². The van der Waals surface area contributed by atoms with E-state index in [1.807, 2.05) is 19.1 Å². The third-order valence-corrected chi connectivity index (χ3v) is 3.97. The largest absolute Gasteiger partial charge is 0.465 e. The van der Waals surface area contributed by atoms with Crippen molar-refractivity contribution in [3.05, 3.63) is 83.1 Å². The Morgan fingerprint density at radius 1 is 1.00 bits per heavy atom. The molecule has 0 aliphatic heterocycles. The van der Waals surface area contributed by atoms with Crippen molar-refractivity contribution in [2.75, 3.05) is 7.11 Å². The average Bonchev–Trinajstić information content (AvgIpc) is 3.16. The van der Waals surface area contributed by atoms with E-state index in [-0.39, 0.29) is 5.91 Å². The molecule has 0 unspecified atom stereocenters. The van der Waals surface area contributed by atoms with Gasteiger partial charge in [-0.25, -0.2) is 10.2 Å². The molecule has 3 aromatic rings. The van der Waals surface area contributed by atoms with E-state index >= 15 is 0 Å². The number of esters is 1. The maximum atomic E-state index is 12.1. The molecule has 0 spiro atoms. The number of benzene rings is 2. The normalized spacial score (nSPS) is 10.7. The van der Waals surface area contributed by atoms with Crippen molar-refractivity contribution in [3.63, 3.8) is 0 Å². The fraction of sp³-hybridized carbons (Fsp3) is 0.0952. The molecule has 0 saturated heterocycles. The van der Waals surface area contributed by atoms with Crippen molar-refractivity contribution in [1.82, 2.24) is 5.43 Å². The number of ether oxygens (including phenoxy) is 1. The van der Waals surface area contributed by atoms with Crippen molar-refractivity contribution in [2.24, 2.45) is 5.10 Å². The van der Waals surface area contributed by atoms with Gasteiger partial charge in [-0.2, -0.15) is 5.10 Å². The van der Waals surface area contributed by atoms with Gasteiger partial charge < -0.3 is 9.15 Å². The summed E-state index contributed by atoms with van der Waals surface area (Å²) < 4.78 is 10.5. The third kappa shape index (κ3) is 4.12. The zero-order valence-electron chi connectivity index (χ0n) is 14.9. The third-order valence-electron chi connectivity index (χ3n) is 3.97. The summed E-state index contributed by atoms with van der Waals surface area (Å²) in [4.78, 5) is 24.0. The van der Waals surface area contributed by atoms with Crippen LogP contribution in [0.4, 0.5) is 0 Å². The minimum Gasteiger partial charge on any atom is -0.465 e. The molecule has 27 heavy (non-hydrogen) atoms. The number of rotatable bonds is 5. The highest BCUT2D eigenvalue weighted by Gasteiger charge is 2.15. The maximum absolute atomic E-state index is 12.1. The van der Waals surface area contributed by atoms with Crippen LogP contribution in [-0.2, 0) is 4.74 Å². The van der Waals surface area contributed by atoms with Crippen molar-refractivity contribution in [2.45, 2.75) is 6.92 Å². The quantitative estimate of drug-likeness (QED) is 0.425. The van der Waals surface area contributed by atoms with E-state index in [0.717, 1.165) is 5.56 Å². The number of methoxy groups -OCH3 is 1. The van der Waals surface area contributed by atoms with Gasteiger partial charge in [0.1, 0.15) is 11.5 Å². The van der Waals surface area contributed by atoms with Gasteiger partial charge in [0.25, 0.3) is 5.91 Å². The summed E-state index contributed by atoms with van der Waals surface area (Å²) in [5.41, 5.74) is 4.92. The molecule has 0 aliphatic carbocycles. The predicted octanol–water partition coefficient (Wildman–Crippen LogP) is 3.81. The molecule has 0 radical (unpaired) electrons. The minimum absolute atomic E-state index is 0.299. The molecule has 3 rings (SSSR count). The maximum Gasteiger partial charge on any atom is 0.338 e. The van der Waals surface area contributed by atoms with Crippen molar-refractivity contribution < 1.29 is 18.7 Å². The topological polar surface area (TPSA) is 80.9 Å². The number of carbonyl (C=O) groups is 2. The summed E-state index contributed by atoms with van der Waals surface area (Å²) in [6.45, 7) is 1.86.